The zero-order valence-electron chi connectivity index (χ0n) is 9.59. The number of benzene rings is 1. The number of nitrogen functional groups attached to an aromatic ring is 1. The number of nitrogens with one attached hydrogen (secondary N) is 1. The lowest BCUT2D eigenvalue weighted by molar-refractivity contribution is 0.283. The third-order valence-corrected chi connectivity index (χ3v) is 3.87. The van der Waals surface area contributed by atoms with Gasteiger partial charge in [-0.15, -0.1) is 0 Å². The third kappa shape index (κ3) is 4.33. The molecule has 0 spiro atoms. The van der Waals surface area contributed by atoms with Crippen molar-refractivity contribution in [2.45, 2.75) is 24.2 Å². The van der Waals surface area contributed by atoms with Gasteiger partial charge in [-0.05, 0) is 31.4 Å². The average molecular weight is 258 g/mol. The molecule has 1 aromatic rings. The average Bonchev–Trinajstić information content (AvgIpc) is 2.29. The maximum absolute atomic E-state index is 11.8. The molecule has 1 rings (SSSR count). The minimum Gasteiger partial charge on any atom is -0.398 e. The molecule has 5 nitrogen and oxygen atoms in total. The van der Waals surface area contributed by atoms with Crippen LogP contribution in [0.1, 0.15) is 19.3 Å². The summed E-state index contributed by atoms with van der Waals surface area (Å²) < 4.78 is 26.2. The summed E-state index contributed by atoms with van der Waals surface area (Å²) in [5.74, 6) is 0. The Bertz CT molecular complexity index is 446. The van der Waals surface area contributed by atoms with E-state index in [4.69, 9.17) is 10.8 Å². The third-order valence-electron chi connectivity index (χ3n) is 2.34. The predicted molar refractivity (Wildman–Crippen MR) is 67.0 cm³/mol. The highest BCUT2D eigenvalue weighted by atomic mass is 32.2. The smallest absolute Gasteiger partial charge is 0.242 e. The summed E-state index contributed by atoms with van der Waals surface area (Å²) in [5.41, 5.74) is 5.85. The summed E-state index contributed by atoms with van der Waals surface area (Å²) in [5, 5.41) is 8.58. The number of rotatable bonds is 7. The van der Waals surface area contributed by atoms with Crippen molar-refractivity contribution in [2.75, 3.05) is 18.9 Å². The van der Waals surface area contributed by atoms with Crippen molar-refractivity contribution in [3.8, 4) is 0 Å². The first kappa shape index (κ1) is 14.0. The summed E-state index contributed by atoms with van der Waals surface area (Å²) in [6.07, 6.45) is 2.19. The molecule has 0 aliphatic heterocycles. The van der Waals surface area contributed by atoms with Crippen molar-refractivity contribution in [3.05, 3.63) is 24.3 Å². The highest BCUT2D eigenvalue weighted by molar-refractivity contribution is 7.89. The predicted octanol–water partition coefficient (Wildman–Crippen LogP) is 0.710. The van der Waals surface area contributed by atoms with E-state index in [0.717, 1.165) is 6.42 Å². The number of anilines is 1. The number of unbranched alkanes of at least 4 members (excludes halogenated alkanes) is 2. The van der Waals surface area contributed by atoms with Gasteiger partial charge in [0.1, 0.15) is 4.90 Å². The Kier molecular flexibility index (Phi) is 5.40. The Labute approximate surface area is 102 Å². The second-order valence-corrected chi connectivity index (χ2v) is 5.46. The number of aliphatic hydroxyl groups is 1. The molecule has 0 saturated heterocycles. The van der Waals surface area contributed by atoms with Gasteiger partial charge in [-0.1, -0.05) is 12.1 Å². The number of sulfonamides is 1. The van der Waals surface area contributed by atoms with Crippen molar-refractivity contribution >= 4 is 15.7 Å². The van der Waals surface area contributed by atoms with Gasteiger partial charge in [-0.3, -0.25) is 0 Å². The Morgan fingerprint density at radius 1 is 1.18 bits per heavy atom. The van der Waals surface area contributed by atoms with Gasteiger partial charge in [0.05, 0.1) is 5.69 Å². The quantitative estimate of drug-likeness (QED) is 0.496. The van der Waals surface area contributed by atoms with Crippen LogP contribution in [0, 0.1) is 0 Å². The molecule has 0 atom stereocenters. The number of hydrogen-bond donors (Lipinski definition) is 3. The number of hydrogen-bond acceptors (Lipinski definition) is 4. The first-order chi connectivity index (χ1) is 8.08. The van der Waals surface area contributed by atoms with Crippen LogP contribution < -0.4 is 10.5 Å². The van der Waals surface area contributed by atoms with Crippen molar-refractivity contribution in [3.63, 3.8) is 0 Å². The Morgan fingerprint density at radius 2 is 1.88 bits per heavy atom. The fourth-order valence-electron chi connectivity index (χ4n) is 1.42. The molecule has 4 N–H and O–H groups in total. The van der Waals surface area contributed by atoms with Gasteiger partial charge in [-0.25, -0.2) is 13.1 Å². The van der Waals surface area contributed by atoms with Crippen LogP contribution in [-0.2, 0) is 10.0 Å². The zero-order chi connectivity index (χ0) is 12.7. The number of nitrogens with two attached hydrogens (primary N) is 1. The van der Waals surface area contributed by atoms with Gasteiger partial charge in [0.15, 0.2) is 0 Å². The second-order valence-electron chi connectivity index (χ2n) is 3.72. The highest BCUT2D eigenvalue weighted by Gasteiger charge is 2.15. The molecule has 0 radical (unpaired) electrons. The van der Waals surface area contributed by atoms with Gasteiger partial charge in [-0.2, -0.15) is 0 Å². The van der Waals surface area contributed by atoms with Crippen LogP contribution >= 0.6 is 0 Å². The van der Waals surface area contributed by atoms with Crippen LogP contribution in [-0.4, -0.2) is 26.7 Å². The van der Waals surface area contributed by atoms with Gasteiger partial charge >= 0.3 is 0 Å². The first-order valence-corrected chi connectivity index (χ1v) is 7.01. The number of aliphatic hydroxyl groups excluding tert-OH is 1. The maximum atomic E-state index is 11.8. The summed E-state index contributed by atoms with van der Waals surface area (Å²) in [4.78, 5) is 0.113. The van der Waals surface area contributed by atoms with E-state index in [-0.39, 0.29) is 17.2 Å². The number of para-hydroxylation sites is 1. The Morgan fingerprint density at radius 3 is 2.53 bits per heavy atom. The van der Waals surface area contributed by atoms with E-state index in [1.165, 1.54) is 6.07 Å². The van der Waals surface area contributed by atoms with E-state index in [9.17, 15) is 8.42 Å². The lowest BCUT2D eigenvalue weighted by atomic mass is 10.2. The molecule has 0 saturated carbocycles. The molecule has 96 valence electrons. The molecule has 0 unspecified atom stereocenters. The molecule has 0 aliphatic rings. The fraction of sp³-hybridized carbons (Fsp3) is 0.455. The zero-order valence-corrected chi connectivity index (χ0v) is 10.4. The molecule has 0 fully saturated rings. The largest absolute Gasteiger partial charge is 0.398 e. The minimum atomic E-state index is -3.52. The molecule has 0 aliphatic carbocycles. The summed E-state index contributed by atoms with van der Waals surface area (Å²) in [7, 11) is -3.52. The molecule has 0 bridgehead atoms. The normalized spacial score (nSPS) is 11.6. The first-order valence-electron chi connectivity index (χ1n) is 5.53. The van der Waals surface area contributed by atoms with Gasteiger partial charge in [0.25, 0.3) is 0 Å². The van der Waals surface area contributed by atoms with Crippen LogP contribution in [0.5, 0.6) is 0 Å². The second kappa shape index (κ2) is 6.58. The maximum Gasteiger partial charge on any atom is 0.242 e. The topological polar surface area (TPSA) is 92.4 Å². The van der Waals surface area contributed by atoms with Crippen LogP contribution in [0.4, 0.5) is 5.69 Å². The van der Waals surface area contributed by atoms with Crippen molar-refractivity contribution in [1.29, 1.82) is 0 Å². The van der Waals surface area contributed by atoms with E-state index < -0.39 is 10.0 Å². The molecule has 0 aromatic heterocycles. The van der Waals surface area contributed by atoms with Crippen molar-refractivity contribution in [2.24, 2.45) is 0 Å². The molecular weight excluding hydrogens is 240 g/mol. The van der Waals surface area contributed by atoms with Crippen LogP contribution in [0.2, 0.25) is 0 Å². The Balaban J connectivity index is 2.55. The molecule has 17 heavy (non-hydrogen) atoms. The summed E-state index contributed by atoms with van der Waals surface area (Å²) in [6.45, 7) is 0.495. The standard InChI is InChI=1S/C11H18N2O3S/c12-10-6-2-3-7-11(10)17(15,16)13-8-4-1-5-9-14/h2-3,6-7,13-14H,1,4-5,8-9,12H2. The van der Waals surface area contributed by atoms with Crippen LogP contribution in [0.15, 0.2) is 29.2 Å². The lowest BCUT2D eigenvalue weighted by Crippen LogP contribution is -2.25. The fourth-order valence-corrected chi connectivity index (χ4v) is 2.63. The van der Waals surface area contributed by atoms with E-state index >= 15 is 0 Å². The molecular formula is C11H18N2O3S. The molecule has 1 aromatic carbocycles. The van der Waals surface area contributed by atoms with E-state index in [2.05, 4.69) is 4.72 Å². The van der Waals surface area contributed by atoms with Crippen LogP contribution in [0.25, 0.3) is 0 Å². The van der Waals surface area contributed by atoms with Crippen molar-refractivity contribution in [1.82, 2.24) is 4.72 Å². The monoisotopic (exact) mass is 258 g/mol. The summed E-state index contributed by atoms with van der Waals surface area (Å²) in [6, 6.07) is 6.36. The van der Waals surface area contributed by atoms with Crippen molar-refractivity contribution < 1.29 is 13.5 Å². The molecule has 6 heteroatoms. The van der Waals surface area contributed by atoms with Gasteiger partial charge in [0.2, 0.25) is 10.0 Å². The minimum absolute atomic E-state index is 0.113. The highest BCUT2D eigenvalue weighted by Crippen LogP contribution is 2.16. The van der Waals surface area contributed by atoms with Crippen LogP contribution in [0.3, 0.4) is 0 Å². The van der Waals surface area contributed by atoms with E-state index in [0.29, 0.717) is 19.4 Å². The van der Waals surface area contributed by atoms with E-state index in [1.54, 1.807) is 18.2 Å². The van der Waals surface area contributed by atoms with E-state index in [1.807, 2.05) is 0 Å². The molecule has 0 amide bonds. The Hall–Kier alpha value is -1.11. The van der Waals surface area contributed by atoms with Gasteiger partial charge in [0, 0.05) is 13.2 Å². The summed E-state index contributed by atoms with van der Waals surface area (Å²) >= 11 is 0. The van der Waals surface area contributed by atoms with Gasteiger partial charge < -0.3 is 10.8 Å². The molecule has 0 heterocycles. The SMILES string of the molecule is Nc1ccccc1S(=O)(=O)NCCCCCO. The lowest BCUT2D eigenvalue weighted by Gasteiger charge is -2.08.